The van der Waals surface area contributed by atoms with E-state index in [1.807, 2.05) is 0 Å². The summed E-state index contributed by atoms with van der Waals surface area (Å²) in [4.78, 5) is 11.0. The van der Waals surface area contributed by atoms with E-state index in [9.17, 15) is 9.18 Å². The molecule has 3 nitrogen and oxygen atoms in total. The van der Waals surface area contributed by atoms with Gasteiger partial charge in [-0.2, -0.15) is 0 Å². The first-order valence-electron chi connectivity index (χ1n) is 3.86. The minimum Gasteiger partial charge on any atom is -0.459 e. The van der Waals surface area contributed by atoms with Gasteiger partial charge in [-0.15, -0.1) is 0 Å². The molecule has 0 saturated heterocycles. The maximum absolute atomic E-state index is 12.5. The quantitative estimate of drug-likeness (QED) is 0.640. The van der Waals surface area contributed by atoms with Gasteiger partial charge in [0.05, 0.1) is 0 Å². The van der Waals surface area contributed by atoms with Crippen molar-refractivity contribution >= 4 is 5.97 Å². The Labute approximate surface area is 72.1 Å². The number of rotatable bonds is 2. The summed E-state index contributed by atoms with van der Waals surface area (Å²) >= 11 is 0. The predicted molar refractivity (Wildman–Crippen MR) is 44.4 cm³/mol. The smallest absolute Gasteiger partial charge is 0.326 e. The van der Waals surface area contributed by atoms with Gasteiger partial charge in [-0.05, 0) is 27.7 Å². The highest BCUT2D eigenvalue weighted by Gasteiger charge is 2.26. The molecule has 2 N–H and O–H groups in total. The molecule has 4 heteroatoms. The highest BCUT2D eigenvalue weighted by molar-refractivity contribution is 5.76. The Morgan fingerprint density at radius 3 is 2.17 bits per heavy atom. The number of ether oxygens (including phenoxy) is 1. The summed E-state index contributed by atoms with van der Waals surface area (Å²) < 4.78 is 17.4. The van der Waals surface area contributed by atoms with E-state index in [1.165, 1.54) is 6.92 Å². The molecule has 0 aliphatic carbocycles. The Hall–Kier alpha value is -0.640. The van der Waals surface area contributed by atoms with Crippen LogP contribution >= 0.6 is 0 Å². The molecule has 0 amide bonds. The van der Waals surface area contributed by atoms with Gasteiger partial charge >= 0.3 is 5.97 Å². The standard InChI is InChI=1S/C8H16FNO2/c1-5(9)6(10)7(11)12-8(2,3)4/h5-6H,10H2,1-4H3/t5-,6-/m1/s1. The summed E-state index contributed by atoms with van der Waals surface area (Å²) in [5, 5.41) is 0. The Bertz CT molecular complexity index is 163. The van der Waals surface area contributed by atoms with Crippen molar-refractivity contribution in [2.45, 2.75) is 45.5 Å². The number of carbonyl (C=O) groups is 1. The lowest BCUT2D eigenvalue weighted by Crippen LogP contribution is -2.42. The van der Waals surface area contributed by atoms with Crippen molar-refractivity contribution in [3.8, 4) is 0 Å². The minimum absolute atomic E-state index is 0.608. The molecule has 0 aromatic heterocycles. The second kappa shape index (κ2) is 3.85. The third kappa shape index (κ3) is 4.28. The van der Waals surface area contributed by atoms with Crippen molar-refractivity contribution in [1.82, 2.24) is 0 Å². The number of halogens is 1. The average molecular weight is 177 g/mol. The predicted octanol–water partition coefficient (Wildman–Crippen LogP) is 1.01. The first-order chi connectivity index (χ1) is 5.24. The van der Waals surface area contributed by atoms with Crippen molar-refractivity contribution in [1.29, 1.82) is 0 Å². The van der Waals surface area contributed by atoms with Gasteiger partial charge < -0.3 is 10.5 Å². The number of hydrogen-bond acceptors (Lipinski definition) is 3. The lowest BCUT2D eigenvalue weighted by atomic mass is 10.1. The van der Waals surface area contributed by atoms with Crippen LogP contribution in [-0.4, -0.2) is 23.8 Å². The zero-order chi connectivity index (χ0) is 9.94. The number of esters is 1. The largest absolute Gasteiger partial charge is 0.459 e. The van der Waals surface area contributed by atoms with E-state index in [4.69, 9.17) is 10.5 Å². The van der Waals surface area contributed by atoms with Crippen LogP contribution in [0, 0.1) is 0 Å². The zero-order valence-electron chi connectivity index (χ0n) is 7.93. The normalized spacial score (nSPS) is 16.8. The van der Waals surface area contributed by atoms with Crippen LogP contribution in [0.15, 0.2) is 0 Å². The Morgan fingerprint density at radius 2 is 1.92 bits per heavy atom. The van der Waals surface area contributed by atoms with Crippen LogP contribution < -0.4 is 5.73 Å². The summed E-state index contributed by atoms with van der Waals surface area (Å²) in [6.07, 6.45) is -1.38. The van der Waals surface area contributed by atoms with Gasteiger partial charge in [-0.25, -0.2) is 4.39 Å². The van der Waals surface area contributed by atoms with Gasteiger partial charge in [0.15, 0.2) is 0 Å². The average Bonchev–Trinajstić information content (AvgIpc) is 1.82. The molecule has 0 unspecified atom stereocenters. The maximum atomic E-state index is 12.5. The van der Waals surface area contributed by atoms with E-state index in [2.05, 4.69) is 0 Å². The van der Waals surface area contributed by atoms with Crippen LogP contribution in [0.3, 0.4) is 0 Å². The highest BCUT2D eigenvalue weighted by Crippen LogP contribution is 2.09. The molecule has 0 aliphatic rings. The van der Waals surface area contributed by atoms with Gasteiger partial charge in [0.2, 0.25) is 0 Å². The first kappa shape index (κ1) is 11.4. The second-order valence-electron chi connectivity index (χ2n) is 3.74. The molecule has 0 saturated carbocycles. The lowest BCUT2D eigenvalue weighted by Gasteiger charge is -2.22. The molecule has 0 bridgehead atoms. The molecular formula is C8H16FNO2. The number of nitrogens with two attached hydrogens (primary N) is 1. The van der Waals surface area contributed by atoms with E-state index in [1.54, 1.807) is 20.8 Å². The van der Waals surface area contributed by atoms with Crippen molar-refractivity contribution in [3.05, 3.63) is 0 Å². The maximum Gasteiger partial charge on any atom is 0.326 e. The highest BCUT2D eigenvalue weighted by atomic mass is 19.1. The monoisotopic (exact) mass is 177 g/mol. The Kier molecular flexibility index (Phi) is 3.64. The fourth-order valence-corrected chi connectivity index (χ4v) is 0.557. The molecule has 0 heterocycles. The molecule has 0 spiro atoms. The van der Waals surface area contributed by atoms with Gasteiger partial charge in [-0.1, -0.05) is 0 Å². The van der Waals surface area contributed by atoms with Crippen molar-refractivity contribution in [3.63, 3.8) is 0 Å². The van der Waals surface area contributed by atoms with E-state index < -0.39 is 23.8 Å². The Balaban J connectivity index is 4.05. The second-order valence-corrected chi connectivity index (χ2v) is 3.74. The van der Waals surface area contributed by atoms with Crippen molar-refractivity contribution < 1.29 is 13.9 Å². The van der Waals surface area contributed by atoms with Crippen LogP contribution in [0.5, 0.6) is 0 Å². The third-order valence-electron chi connectivity index (χ3n) is 1.17. The van der Waals surface area contributed by atoms with E-state index in [-0.39, 0.29) is 0 Å². The van der Waals surface area contributed by atoms with Crippen molar-refractivity contribution in [2.75, 3.05) is 0 Å². The summed E-state index contributed by atoms with van der Waals surface area (Å²) in [6.45, 7) is 6.36. The van der Waals surface area contributed by atoms with Crippen molar-refractivity contribution in [2.24, 2.45) is 5.73 Å². The summed E-state index contributed by atoms with van der Waals surface area (Å²) in [5.74, 6) is -0.697. The molecule has 12 heavy (non-hydrogen) atoms. The van der Waals surface area contributed by atoms with Crippen LogP contribution in [0.4, 0.5) is 4.39 Å². The van der Waals surface area contributed by atoms with Crippen LogP contribution in [0.1, 0.15) is 27.7 Å². The molecular weight excluding hydrogens is 161 g/mol. The number of hydrogen-bond donors (Lipinski definition) is 1. The topological polar surface area (TPSA) is 52.3 Å². The molecule has 72 valence electrons. The van der Waals surface area contributed by atoms with E-state index in [0.29, 0.717) is 0 Å². The lowest BCUT2D eigenvalue weighted by molar-refractivity contribution is -0.157. The Morgan fingerprint density at radius 1 is 1.50 bits per heavy atom. The molecule has 0 rings (SSSR count). The molecule has 0 aromatic carbocycles. The summed E-state index contributed by atoms with van der Waals surface area (Å²) in [6, 6.07) is -1.18. The van der Waals surface area contributed by atoms with Gasteiger partial charge in [-0.3, -0.25) is 4.79 Å². The van der Waals surface area contributed by atoms with Crippen LogP contribution in [0.25, 0.3) is 0 Å². The van der Waals surface area contributed by atoms with Gasteiger partial charge in [0.25, 0.3) is 0 Å². The molecule has 0 radical (unpaired) electrons. The van der Waals surface area contributed by atoms with Gasteiger partial charge in [0, 0.05) is 0 Å². The zero-order valence-corrected chi connectivity index (χ0v) is 7.93. The number of alkyl halides is 1. The van der Waals surface area contributed by atoms with E-state index >= 15 is 0 Å². The first-order valence-corrected chi connectivity index (χ1v) is 3.86. The molecule has 2 atom stereocenters. The van der Waals surface area contributed by atoms with Crippen LogP contribution in [-0.2, 0) is 9.53 Å². The SMILES string of the molecule is C[C@@H](F)[C@@H](N)C(=O)OC(C)(C)C. The van der Waals surface area contributed by atoms with Gasteiger partial charge in [0.1, 0.15) is 17.8 Å². The molecule has 0 fully saturated rings. The summed E-state index contributed by atoms with van der Waals surface area (Å²) in [5.41, 5.74) is 4.61. The van der Waals surface area contributed by atoms with E-state index in [0.717, 1.165) is 0 Å². The summed E-state index contributed by atoms with van der Waals surface area (Å²) in [7, 11) is 0. The fraction of sp³-hybridized carbons (Fsp3) is 0.875. The molecule has 0 aromatic rings. The van der Waals surface area contributed by atoms with Crippen LogP contribution in [0.2, 0.25) is 0 Å². The molecule has 0 aliphatic heterocycles. The number of carbonyl (C=O) groups excluding carboxylic acids is 1. The fourth-order valence-electron chi connectivity index (χ4n) is 0.557. The minimum atomic E-state index is -1.38. The third-order valence-corrected chi connectivity index (χ3v) is 1.17.